The predicted octanol–water partition coefficient (Wildman–Crippen LogP) is 4.92. The van der Waals surface area contributed by atoms with Crippen LogP contribution in [-0.2, 0) is 11.8 Å². The Morgan fingerprint density at radius 1 is 0.889 bits per heavy atom. The summed E-state index contributed by atoms with van der Waals surface area (Å²) in [4.78, 5) is 0. The maximum Gasteiger partial charge on any atom is 0.0158 e. The lowest BCUT2D eigenvalue weighted by Gasteiger charge is -2.20. The first-order chi connectivity index (χ1) is 8.69. The summed E-state index contributed by atoms with van der Waals surface area (Å²) in [6.45, 7) is 8.68. The average Bonchev–Trinajstić information content (AvgIpc) is 3.15. The highest BCUT2D eigenvalue weighted by Gasteiger charge is 2.39. The molecule has 0 amide bonds. The topological polar surface area (TPSA) is 0 Å². The van der Waals surface area contributed by atoms with Crippen LogP contribution in [0.25, 0.3) is 11.1 Å². The second-order valence-corrected chi connectivity index (χ2v) is 5.47. The first-order valence-electron chi connectivity index (χ1n) is 6.95. The van der Waals surface area contributed by atoms with Crippen LogP contribution in [-0.4, -0.2) is 0 Å². The molecule has 2 aliphatic rings. The Labute approximate surface area is 110 Å². The molecule has 4 rings (SSSR count). The lowest BCUT2D eigenvalue weighted by Crippen LogP contribution is -2.14. The van der Waals surface area contributed by atoms with Gasteiger partial charge < -0.3 is 0 Å². The zero-order valence-corrected chi connectivity index (χ0v) is 11.7. The largest absolute Gasteiger partial charge is 0.0683 e. The molecule has 0 N–H and O–H groups in total. The average molecular weight is 236 g/mol. The molecule has 18 heavy (non-hydrogen) atoms. The summed E-state index contributed by atoms with van der Waals surface area (Å²) < 4.78 is 0. The summed E-state index contributed by atoms with van der Waals surface area (Å²) >= 11 is 0. The predicted molar refractivity (Wildman–Crippen MR) is 78.2 cm³/mol. The van der Waals surface area contributed by atoms with E-state index < -0.39 is 0 Å². The van der Waals surface area contributed by atoms with Crippen molar-refractivity contribution in [3.63, 3.8) is 0 Å². The fraction of sp³-hybridized carbons (Fsp3) is 0.333. The van der Waals surface area contributed by atoms with Gasteiger partial charge in [-0.05, 0) is 39.8 Å². The van der Waals surface area contributed by atoms with Crippen LogP contribution in [0.3, 0.4) is 0 Å². The molecule has 0 bridgehead atoms. The zero-order valence-electron chi connectivity index (χ0n) is 11.7. The fourth-order valence-electron chi connectivity index (χ4n) is 3.20. The van der Waals surface area contributed by atoms with Crippen molar-refractivity contribution in [2.24, 2.45) is 0 Å². The molecule has 0 saturated carbocycles. The van der Waals surface area contributed by atoms with Crippen LogP contribution in [0.5, 0.6) is 0 Å². The van der Waals surface area contributed by atoms with Crippen molar-refractivity contribution in [1.82, 2.24) is 0 Å². The second-order valence-electron chi connectivity index (χ2n) is 5.47. The van der Waals surface area contributed by atoms with Crippen molar-refractivity contribution in [2.45, 2.75) is 39.5 Å². The molecule has 0 radical (unpaired) electrons. The standard InChI is InChI=1S/C16H14.C2H6/c1-16(2)13-6-4-3-5-11(13)15-12-9-10(12)7-8-14(15)16;1-2/h3-8H,9H2,1-2H3;1-2H3. The van der Waals surface area contributed by atoms with Crippen LogP contribution >= 0.6 is 0 Å². The lowest BCUT2D eigenvalue weighted by atomic mass is 9.82. The zero-order chi connectivity index (χ0) is 12.9. The van der Waals surface area contributed by atoms with E-state index in [-0.39, 0.29) is 5.41 Å². The van der Waals surface area contributed by atoms with Crippen molar-refractivity contribution in [3.8, 4) is 11.1 Å². The van der Waals surface area contributed by atoms with Crippen LogP contribution in [0.4, 0.5) is 0 Å². The monoisotopic (exact) mass is 236 g/mol. The molecule has 0 heteroatoms. The molecule has 0 spiro atoms. The van der Waals surface area contributed by atoms with E-state index in [4.69, 9.17) is 0 Å². The van der Waals surface area contributed by atoms with Gasteiger partial charge in [-0.3, -0.25) is 0 Å². The van der Waals surface area contributed by atoms with Gasteiger partial charge in [-0.25, -0.2) is 0 Å². The number of fused-ring (bicyclic) bond motifs is 5. The fourth-order valence-corrected chi connectivity index (χ4v) is 3.20. The van der Waals surface area contributed by atoms with E-state index in [0.717, 1.165) is 0 Å². The molecule has 92 valence electrons. The molecule has 0 unspecified atom stereocenters. The van der Waals surface area contributed by atoms with E-state index in [2.05, 4.69) is 50.2 Å². The van der Waals surface area contributed by atoms with Crippen molar-refractivity contribution < 1.29 is 0 Å². The number of rotatable bonds is 0. The van der Waals surface area contributed by atoms with Crippen LogP contribution < -0.4 is 0 Å². The van der Waals surface area contributed by atoms with E-state index in [1.165, 1.54) is 28.7 Å². The van der Waals surface area contributed by atoms with Gasteiger partial charge in [-0.2, -0.15) is 0 Å². The molecule has 0 nitrogen and oxygen atoms in total. The molecule has 2 aliphatic carbocycles. The van der Waals surface area contributed by atoms with Gasteiger partial charge in [0, 0.05) is 5.41 Å². The normalized spacial score (nSPS) is 16.0. The van der Waals surface area contributed by atoms with E-state index in [9.17, 15) is 0 Å². The molecule has 0 aromatic heterocycles. The molecular weight excluding hydrogens is 216 g/mol. The Bertz CT molecular complexity index is 618. The summed E-state index contributed by atoms with van der Waals surface area (Å²) in [6.07, 6.45) is 1.21. The lowest BCUT2D eigenvalue weighted by molar-refractivity contribution is 0.660. The third-order valence-corrected chi connectivity index (χ3v) is 4.20. The Hall–Kier alpha value is -1.56. The first-order valence-corrected chi connectivity index (χ1v) is 6.95. The van der Waals surface area contributed by atoms with Gasteiger partial charge in [-0.1, -0.05) is 64.1 Å². The third-order valence-electron chi connectivity index (χ3n) is 4.20. The van der Waals surface area contributed by atoms with Gasteiger partial charge in [0.05, 0.1) is 0 Å². The quantitative estimate of drug-likeness (QED) is 0.519. The van der Waals surface area contributed by atoms with Gasteiger partial charge in [0.2, 0.25) is 0 Å². The minimum Gasteiger partial charge on any atom is -0.0683 e. The van der Waals surface area contributed by atoms with Crippen molar-refractivity contribution >= 4 is 0 Å². The summed E-state index contributed by atoms with van der Waals surface area (Å²) in [5.41, 5.74) is 9.34. The van der Waals surface area contributed by atoms with Crippen molar-refractivity contribution in [2.75, 3.05) is 0 Å². The Balaban J connectivity index is 0.000000478. The Morgan fingerprint density at radius 2 is 1.61 bits per heavy atom. The smallest absolute Gasteiger partial charge is 0.0158 e. The second kappa shape index (κ2) is 3.71. The maximum absolute atomic E-state index is 2.34. The maximum atomic E-state index is 2.34. The third kappa shape index (κ3) is 1.32. The van der Waals surface area contributed by atoms with Gasteiger partial charge in [0.1, 0.15) is 0 Å². The first kappa shape index (κ1) is 11.5. The number of hydrogen-bond acceptors (Lipinski definition) is 0. The number of hydrogen-bond donors (Lipinski definition) is 0. The molecule has 2 aromatic carbocycles. The van der Waals surface area contributed by atoms with E-state index in [1.807, 2.05) is 13.8 Å². The van der Waals surface area contributed by atoms with Crippen LogP contribution in [0.2, 0.25) is 0 Å². The van der Waals surface area contributed by atoms with Crippen LogP contribution in [0.1, 0.15) is 49.9 Å². The van der Waals surface area contributed by atoms with Gasteiger partial charge in [0.15, 0.2) is 0 Å². The van der Waals surface area contributed by atoms with E-state index >= 15 is 0 Å². The minimum absolute atomic E-state index is 0.184. The Kier molecular flexibility index (Phi) is 2.38. The highest BCUT2D eigenvalue weighted by atomic mass is 14.4. The van der Waals surface area contributed by atoms with Crippen molar-refractivity contribution in [3.05, 3.63) is 58.7 Å². The van der Waals surface area contributed by atoms with Crippen LogP contribution in [0.15, 0.2) is 36.4 Å². The van der Waals surface area contributed by atoms with Gasteiger partial charge in [-0.15, -0.1) is 0 Å². The highest BCUT2D eigenvalue weighted by Crippen LogP contribution is 2.53. The molecular formula is C18H20. The molecule has 0 fully saturated rings. The van der Waals surface area contributed by atoms with Gasteiger partial charge >= 0.3 is 0 Å². The van der Waals surface area contributed by atoms with Gasteiger partial charge in [0.25, 0.3) is 0 Å². The summed E-state index contributed by atoms with van der Waals surface area (Å²) in [7, 11) is 0. The summed E-state index contributed by atoms with van der Waals surface area (Å²) in [5, 5.41) is 0. The molecule has 0 atom stereocenters. The Morgan fingerprint density at radius 3 is 2.39 bits per heavy atom. The highest BCUT2D eigenvalue weighted by molar-refractivity contribution is 5.86. The van der Waals surface area contributed by atoms with E-state index in [1.54, 1.807) is 11.1 Å². The summed E-state index contributed by atoms with van der Waals surface area (Å²) in [5.74, 6) is 0. The molecule has 2 aromatic rings. The van der Waals surface area contributed by atoms with Crippen molar-refractivity contribution in [1.29, 1.82) is 0 Å². The van der Waals surface area contributed by atoms with Crippen LogP contribution in [0, 0.1) is 0 Å². The number of benzene rings is 2. The van der Waals surface area contributed by atoms with E-state index in [0.29, 0.717) is 0 Å². The summed E-state index contributed by atoms with van der Waals surface area (Å²) in [6, 6.07) is 13.5. The minimum atomic E-state index is 0.184. The SMILES string of the molecule is CC.CC1(C)c2ccccc2-c2c1ccc1c2C1. The molecule has 0 saturated heterocycles. The molecule has 0 heterocycles. The molecule has 0 aliphatic heterocycles.